The molecule has 0 spiro atoms. The van der Waals surface area contributed by atoms with Gasteiger partial charge in [-0.25, -0.2) is 0 Å². The molecule has 2 heteroatoms. The lowest BCUT2D eigenvalue weighted by Crippen LogP contribution is -2.41. The van der Waals surface area contributed by atoms with Crippen LogP contribution in [0.15, 0.2) is 0 Å². The highest BCUT2D eigenvalue weighted by Crippen LogP contribution is 2.09. The highest BCUT2D eigenvalue weighted by atomic mass is 16.3. The maximum Gasteiger partial charge on any atom is 0.104 e. The standard InChI is InChI=1S/C13H30NO/c1-5-6-7-8-9-10-11-13(15)12-14(2,3)4/h13,15H,5-12H2,1-4H3/q+1. The minimum absolute atomic E-state index is 0.115. The van der Waals surface area contributed by atoms with Crippen LogP contribution in [0.4, 0.5) is 0 Å². The van der Waals surface area contributed by atoms with Crippen LogP contribution in [0.1, 0.15) is 51.9 Å². The van der Waals surface area contributed by atoms with E-state index in [9.17, 15) is 5.11 Å². The molecule has 0 rings (SSSR count). The Morgan fingerprint density at radius 2 is 1.47 bits per heavy atom. The normalized spacial score (nSPS) is 14.2. The fourth-order valence-electron chi connectivity index (χ4n) is 1.88. The SMILES string of the molecule is CCCCCCCCC(O)C[N+](C)(C)C. The first-order chi connectivity index (χ1) is 6.95. The van der Waals surface area contributed by atoms with Gasteiger partial charge in [0.05, 0.1) is 21.1 Å². The molecule has 0 aromatic rings. The average molecular weight is 216 g/mol. The monoisotopic (exact) mass is 216 g/mol. The van der Waals surface area contributed by atoms with Crippen LogP contribution in [-0.2, 0) is 0 Å². The molecule has 0 aliphatic rings. The summed E-state index contributed by atoms with van der Waals surface area (Å²) in [7, 11) is 6.39. The average Bonchev–Trinajstić information content (AvgIpc) is 2.08. The van der Waals surface area contributed by atoms with Crippen molar-refractivity contribution < 1.29 is 9.59 Å². The van der Waals surface area contributed by atoms with Gasteiger partial charge in [-0.3, -0.25) is 0 Å². The Hall–Kier alpha value is -0.0800. The van der Waals surface area contributed by atoms with Crippen LogP contribution in [0.3, 0.4) is 0 Å². The first-order valence-corrected chi connectivity index (χ1v) is 6.44. The van der Waals surface area contributed by atoms with Crippen LogP contribution in [0, 0.1) is 0 Å². The summed E-state index contributed by atoms with van der Waals surface area (Å²) >= 11 is 0. The minimum Gasteiger partial charge on any atom is -0.387 e. The molecule has 1 atom stereocenters. The smallest absolute Gasteiger partial charge is 0.104 e. The zero-order chi connectivity index (χ0) is 11.7. The van der Waals surface area contributed by atoms with Gasteiger partial charge < -0.3 is 9.59 Å². The Labute approximate surface area is 95.9 Å². The molecule has 0 amide bonds. The molecule has 92 valence electrons. The summed E-state index contributed by atoms with van der Waals surface area (Å²) in [5.41, 5.74) is 0. The summed E-state index contributed by atoms with van der Waals surface area (Å²) in [6, 6.07) is 0. The van der Waals surface area contributed by atoms with E-state index >= 15 is 0 Å². The molecule has 0 aliphatic heterocycles. The lowest BCUT2D eigenvalue weighted by atomic mass is 10.1. The van der Waals surface area contributed by atoms with Crippen molar-refractivity contribution in [3.8, 4) is 0 Å². The van der Waals surface area contributed by atoms with E-state index in [2.05, 4.69) is 28.1 Å². The van der Waals surface area contributed by atoms with Crippen LogP contribution in [0.5, 0.6) is 0 Å². The van der Waals surface area contributed by atoms with E-state index in [-0.39, 0.29) is 6.10 Å². The van der Waals surface area contributed by atoms with Crippen molar-refractivity contribution in [1.82, 2.24) is 0 Å². The van der Waals surface area contributed by atoms with Gasteiger partial charge in [-0.05, 0) is 6.42 Å². The molecule has 0 saturated carbocycles. The number of rotatable bonds is 9. The van der Waals surface area contributed by atoms with Crippen molar-refractivity contribution in [1.29, 1.82) is 0 Å². The lowest BCUT2D eigenvalue weighted by Gasteiger charge is -2.26. The van der Waals surface area contributed by atoms with Gasteiger partial charge in [0.1, 0.15) is 12.6 Å². The number of nitrogens with zero attached hydrogens (tertiary/aromatic N) is 1. The molecule has 0 heterocycles. The molecule has 0 fully saturated rings. The fraction of sp³-hybridized carbons (Fsp3) is 1.00. The predicted molar refractivity (Wildman–Crippen MR) is 66.9 cm³/mol. The minimum atomic E-state index is -0.115. The Balaban J connectivity index is 3.28. The topological polar surface area (TPSA) is 20.2 Å². The van der Waals surface area contributed by atoms with Crippen molar-refractivity contribution in [3.63, 3.8) is 0 Å². The van der Waals surface area contributed by atoms with Crippen LogP contribution in [0.25, 0.3) is 0 Å². The van der Waals surface area contributed by atoms with Crippen molar-refractivity contribution >= 4 is 0 Å². The number of likely N-dealkylation sites (N-methyl/N-ethyl adjacent to an activating group) is 1. The fourth-order valence-corrected chi connectivity index (χ4v) is 1.88. The predicted octanol–water partition coefficient (Wildman–Crippen LogP) is 2.80. The van der Waals surface area contributed by atoms with Crippen LogP contribution < -0.4 is 0 Å². The van der Waals surface area contributed by atoms with E-state index in [1.807, 2.05) is 0 Å². The Morgan fingerprint density at radius 3 is 2.00 bits per heavy atom. The lowest BCUT2D eigenvalue weighted by molar-refractivity contribution is -0.873. The highest BCUT2D eigenvalue weighted by molar-refractivity contribution is 4.54. The first-order valence-electron chi connectivity index (χ1n) is 6.44. The number of aliphatic hydroxyl groups excluding tert-OH is 1. The second-order valence-corrected chi connectivity index (χ2v) is 5.68. The largest absolute Gasteiger partial charge is 0.387 e. The summed E-state index contributed by atoms with van der Waals surface area (Å²) in [6.45, 7) is 3.11. The Bertz CT molecular complexity index is 140. The van der Waals surface area contributed by atoms with Gasteiger partial charge in [-0.2, -0.15) is 0 Å². The number of hydrogen-bond acceptors (Lipinski definition) is 1. The Kier molecular flexibility index (Phi) is 8.07. The molecule has 2 nitrogen and oxygen atoms in total. The van der Waals surface area contributed by atoms with Crippen LogP contribution >= 0.6 is 0 Å². The molecule has 0 aromatic heterocycles. The number of unbranched alkanes of at least 4 members (excludes halogenated alkanes) is 5. The van der Waals surface area contributed by atoms with Crippen molar-refractivity contribution in [3.05, 3.63) is 0 Å². The zero-order valence-electron chi connectivity index (χ0n) is 11.1. The summed E-state index contributed by atoms with van der Waals surface area (Å²) in [5, 5.41) is 9.77. The number of aliphatic hydroxyl groups is 1. The molecule has 0 saturated heterocycles. The third-order valence-electron chi connectivity index (χ3n) is 2.65. The second-order valence-electron chi connectivity index (χ2n) is 5.68. The molecule has 1 N–H and O–H groups in total. The van der Waals surface area contributed by atoms with Crippen molar-refractivity contribution in [2.24, 2.45) is 0 Å². The zero-order valence-corrected chi connectivity index (χ0v) is 11.1. The van der Waals surface area contributed by atoms with Crippen LogP contribution in [-0.4, -0.2) is 43.4 Å². The third-order valence-corrected chi connectivity index (χ3v) is 2.65. The van der Waals surface area contributed by atoms with E-state index in [0.717, 1.165) is 17.4 Å². The molecular formula is C13H30NO+. The molecule has 15 heavy (non-hydrogen) atoms. The van der Waals surface area contributed by atoms with E-state index < -0.39 is 0 Å². The van der Waals surface area contributed by atoms with Gasteiger partial charge in [0.15, 0.2) is 0 Å². The van der Waals surface area contributed by atoms with Crippen molar-refractivity contribution in [2.45, 2.75) is 58.0 Å². The van der Waals surface area contributed by atoms with Crippen LogP contribution in [0.2, 0.25) is 0 Å². The van der Waals surface area contributed by atoms with E-state index in [4.69, 9.17) is 0 Å². The summed E-state index contributed by atoms with van der Waals surface area (Å²) < 4.78 is 0.858. The van der Waals surface area contributed by atoms with Crippen molar-refractivity contribution in [2.75, 3.05) is 27.7 Å². The molecule has 0 bridgehead atoms. The van der Waals surface area contributed by atoms with Gasteiger partial charge in [-0.15, -0.1) is 0 Å². The number of hydrogen-bond donors (Lipinski definition) is 1. The second kappa shape index (κ2) is 8.12. The van der Waals surface area contributed by atoms with E-state index in [1.54, 1.807) is 0 Å². The first kappa shape index (κ1) is 14.9. The molecule has 0 aromatic carbocycles. The molecule has 0 aliphatic carbocycles. The number of quaternary nitrogens is 1. The van der Waals surface area contributed by atoms with E-state index in [1.165, 1.54) is 38.5 Å². The summed E-state index contributed by atoms with van der Waals surface area (Å²) in [6.07, 6.45) is 8.70. The molecule has 1 unspecified atom stereocenters. The van der Waals surface area contributed by atoms with E-state index in [0.29, 0.717) is 0 Å². The van der Waals surface area contributed by atoms with Gasteiger partial charge in [0.25, 0.3) is 0 Å². The van der Waals surface area contributed by atoms with Gasteiger partial charge in [0.2, 0.25) is 0 Å². The molecular weight excluding hydrogens is 186 g/mol. The highest BCUT2D eigenvalue weighted by Gasteiger charge is 2.14. The maximum absolute atomic E-state index is 9.77. The quantitative estimate of drug-likeness (QED) is 0.464. The van der Waals surface area contributed by atoms with Gasteiger partial charge in [-0.1, -0.05) is 45.4 Å². The summed E-state index contributed by atoms with van der Waals surface area (Å²) in [5.74, 6) is 0. The maximum atomic E-state index is 9.77. The Morgan fingerprint density at radius 1 is 0.933 bits per heavy atom. The summed E-state index contributed by atoms with van der Waals surface area (Å²) in [4.78, 5) is 0. The van der Waals surface area contributed by atoms with Gasteiger partial charge >= 0.3 is 0 Å². The third kappa shape index (κ3) is 11.8. The van der Waals surface area contributed by atoms with Gasteiger partial charge in [0, 0.05) is 0 Å². The molecule has 0 radical (unpaired) electrons.